The lowest BCUT2D eigenvalue weighted by Gasteiger charge is -2.03. The van der Waals surface area contributed by atoms with Crippen molar-refractivity contribution in [1.82, 2.24) is 9.38 Å². The third-order valence-corrected chi connectivity index (χ3v) is 2.76. The van der Waals surface area contributed by atoms with Crippen molar-refractivity contribution in [3.63, 3.8) is 0 Å². The van der Waals surface area contributed by atoms with Crippen LogP contribution in [0.25, 0.3) is 5.65 Å². The standard InChI is InChI=1S/C11H11ClN2O2/c1-3-16-11(15)8-6-13-10-9(12)7(2)4-5-14(8)10/h4-6H,3H2,1-2H3. The van der Waals surface area contributed by atoms with Crippen LogP contribution in [0.5, 0.6) is 0 Å². The molecule has 0 fully saturated rings. The molecule has 0 aliphatic rings. The van der Waals surface area contributed by atoms with Gasteiger partial charge in [0.25, 0.3) is 0 Å². The Morgan fingerprint density at radius 3 is 3.06 bits per heavy atom. The molecule has 2 aromatic heterocycles. The fraction of sp³-hybridized carbons (Fsp3) is 0.273. The Kier molecular flexibility index (Phi) is 2.83. The van der Waals surface area contributed by atoms with Crippen molar-refractivity contribution < 1.29 is 9.53 Å². The molecule has 0 atom stereocenters. The van der Waals surface area contributed by atoms with E-state index in [2.05, 4.69) is 4.98 Å². The second kappa shape index (κ2) is 4.14. The number of pyridine rings is 1. The summed E-state index contributed by atoms with van der Waals surface area (Å²) in [4.78, 5) is 15.7. The lowest BCUT2D eigenvalue weighted by Crippen LogP contribution is -2.07. The van der Waals surface area contributed by atoms with Crippen LogP contribution in [-0.4, -0.2) is 22.0 Å². The van der Waals surface area contributed by atoms with Crippen molar-refractivity contribution in [2.45, 2.75) is 13.8 Å². The molecule has 0 unspecified atom stereocenters. The van der Waals surface area contributed by atoms with Crippen molar-refractivity contribution >= 4 is 23.2 Å². The molecule has 0 bridgehead atoms. The molecule has 0 aliphatic carbocycles. The third kappa shape index (κ3) is 1.65. The van der Waals surface area contributed by atoms with Crippen LogP contribution in [-0.2, 0) is 4.74 Å². The number of carbonyl (C=O) groups is 1. The molecule has 2 aromatic rings. The first-order chi connectivity index (χ1) is 7.65. The van der Waals surface area contributed by atoms with E-state index in [-0.39, 0.29) is 0 Å². The number of esters is 1. The molecule has 84 valence electrons. The number of carbonyl (C=O) groups excluding carboxylic acids is 1. The van der Waals surface area contributed by atoms with Crippen molar-refractivity contribution in [3.8, 4) is 0 Å². The SMILES string of the molecule is CCOC(=O)c1cnc2c(Cl)c(C)ccn12. The summed E-state index contributed by atoms with van der Waals surface area (Å²) in [6, 6.07) is 1.83. The molecule has 0 saturated heterocycles. The minimum absolute atomic E-state index is 0.339. The van der Waals surface area contributed by atoms with Crippen molar-refractivity contribution in [2.24, 2.45) is 0 Å². The van der Waals surface area contributed by atoms with Gasteiger partial charge in [-0.1, -0.05) is 11.6 Å². The molecule has 0 aromatic carbocycles. The van der Waals surface area contributed by atoms with Gasteiger partial charge < -0.3 is 4.74 Å². The lowest BCUT2D eigenvalue weighted by molar-refractivity contribution is 0.0518. The fourth-order valence-corrected chi connectivity index (χ4v) is 1.67. The predicted octanol–water partition coefficient (Wildman–Crippen LogP) is 2.47. The van der Waals surface area contributed by atoms with Crippen molar-refractivity contribution in [3.05, 3.63) is 34.7 Å². The summed E-state index contributed by atoms with van der Waals surface area (Å²) in [6.07, 6.45) is 3.23. The van der Waals surface area contributed by atoms with Gasteiger partial charge in [0.2, 0.25) is 0 Å². The molecule has 4 nitrogen and oxygen atoms in total. The molecule has 16 heavy (non-hydrogen) atoms. The Morgan fingerprint density at radius 1 is 1.62 bits per heavy atom. The average molecular weight is 239 g/mol. The Hall–Kier alpha value is -1.55. The van der Waals surface area contributed by atoms with E-state index in [0.29, 0.717) is 23.0 Å². The number of aryl methyl sites for hydroxylation is 1. The molecule has 0 aliphatic heterocycles. The maximum Gasteiger partial charge on any atom is 0.356 e. The van der Waals surface area contributed by atoms with Gasteiger partial charge >= 0.3 is 5.97 Å². The number of halogens is 1. The van der Waals surface area contributed by atoms with Crippen LogP contribution >= 0.6 is 11.6 Å². The number of aromatic nitrogens is 2. The van der Waals surface area contributed by atoms with Crippen molar-refractivity contribution in [1.29, 1.82) is 0 Å². The number of rotatable bonds is 2. The number of imidazole rings is 1. The van der Waals surface area contributed by atoms with Gasteiger partial charge in [-0.15, -0.1) is 0 Å². The lowest BCUT2D eigenvalue weighted by atomic mass is 10.3. The van der Waals surface area contributed by atoms with E-state index in [0.717, 1.165) is 5.56 Å². The Balaban J connectivity index is 2.58. The first kappa shape index (κ1) is 11.0. The van der Waals surface area contributed by atoms with Gasteiger partial charge in [0.15, 0.2) is 11.3 Å². The monoisotopic (exact) mass is 238 g/mol. The van der Waals surface area contributed by atoms with Crippen LogP contribution in [0.15, 0.2) is 18.5 Å². The van der Waals surface area contributed by atoms with Gasteiger partial charge in [0, 0.05) is 6.20 Å². The summed E-state index contributed by atoms with van der Waals surface area (Å²) < 4.78 is 6.55. The molecular weight excluding hydrogens is 228 g/mol. The summed E-state index contributed by atoms with van der Waals surface area (Å²) in [5.74, 6) is -0.394. The van der Waals surface area contributed by atoms with Gasteiger partial charge in [-0.25, -0.2) is 9.78 Å². The normalized spacial score (nSPS) is 10.7. The fourth-order valence-electron chi connectivity index (χ4n) is 1.47. The zero-order valence-electron chi connectivity index (χ0n) is 9.03. The molecule has 2 heterocycles. The van der Waals surface area contributed by atoms with E-state index in [1.807, 2.05) is 13.0 Å². The quantitative estimate of drug-likeness (QED) is 0.755. The van der Waals surface area contributed by atoms with E-state index in [9.17, 15) is 4.79 Å². The van der Waals surface area contributed by atoms with Crippen LogP contribution < -0.4 is 0 Å². The minimum atomic E-state index is -0.394. The zero-order valence-corrected chi connectivity index (χ0v) is 9.78. The molecular formula is C11H11ClN2O2. The number of hydrogen-bond acceptors (Lipinski definition) is 3. The molecule has 5 heteroatoms. The van der Waals surface area contributed by atoms with Gasteiger partial charge in [0.1, 0.15) is 0 Å². The highest BCUT2D eigenvalue weighted by Crippen LogP contribution is 2.21. The first-order valence-corrected chi connectivity index (χ1v) is 5.32. The van der Waals surface area contributed by atoms with Crippen molar-refractivity contribution in [2.75, 3.05) is 6.61 Å². The topological polar surface area (TPSA) is 43.6 Å². The van der Waals surface area contributed by atoms with E-state index < -0.39 is 5.97 Å². The second-order valence-electron chi connectivity index (χ2n) is 3.37. The van der Waals surface area contributed by atoms with E-state index in [1.165, 1.54) is 6.20 Å². The Labute approximate surface area is 97.8 Å². The van der Waals surface area contributed by atoms with Gasteiger partial charge in [0.05, 0.1) is 17.8 Å². The Bertz CT molecular complexity index is 548. The van der Waals surface area contributed by atoms with Crippen LogP contribution in [0, 0.1) is 6.92 Å². The largest absolute Gasteiger partial charge is 0.461 e. The van der Waals surface area contributed by atoms with E-state index >= 15 is 0 Å². The number of hydrogen-bond donors (Lipinski definition) is 0. The van der Waals surface area contributed by atoms with Gasteiger partial charge in [-0.2, -0.15) is 0 Å². The highest BCUT2D eigenvalue weighted by Gasteiger charge is 2.14. The highest BCUT2D eigenvalue weighted by atomic mass is 35.5. The molecule has 0 spiro atoms. The molecule has 2 rings (SSSR count). The smallest absolute Gasteiger partial charge is 0.356 e. The minimum Gasteiger partial charge on any atom is -0.461 e. The molecule has 0 saturated carbocycles. The Morgan fingerprint density at radius 2 is 2.38 bits per heavy atom. The van der Waals surface area contributed by atoms with Crippen LogP contribution in [0.1, 0.15) is 23.0 Å². The first-order valence-electron chi connectivity index (χ1n) is 4.94. The second-order valence-corrected chi connectivity index (χ2v) is 3.75. The molecule has 0 amide bonds. The van der Waals surface area contributed by atoms with Crippen LogP contribution in [0.4, 0.5) is 0 Å². The third-order valence-electron chi connectivity index (χ3n) is 2.30. The van der Waals surface area contributed by atoms with E-state index in [4.69, 9.17) is 16.3 Å². The number of ether oxygens (including phenoxy) is 1. The summed E-state index contributed by atoms with van der Waals surface area (Å²) in [7, 11) is 0. The average Bonchev–Trinajstić information content (AvgIpc) is 2.68. The molecule has 0 N–H and O–H groups in total. The summed E-state index contributed by atoms with van der Waals surface area (Å²) in [5, 5.41) is 0.554. The number of fused-ring (bicyclic) bond motifs is 1. The predicted molar refractivity (Wildman–Crippen MR) is 60.9 cm³/mol. The maximum absolute atomic E-state index is 11.6. The maximum atomic E-state index is 11.6. The summed E-state index contributed by atoms with van der Waals surface area (Å²) >= 11 is 6.09. The summed E-state index contributed by atoms with van der Waals surface area (Å²) in [6.45, 7) is 3.99. The van der Waals surface area contributed by atoms with Crippen LogP contribution in [0.3, 0.4) is 0 Å². The van der Waals surface area contributed by atoms with Crippen LogP contribution in [0.2, 0.25) is 5.02 Å². The van der Waals surface area contributed by atoms with Gasteiger partial charge in [-0.3, -0.25) is 4.40 Å². The highest BCUT2D eigenvalue weighted by molar-refractivity contribution is 6.34. The number of nitrogens with zero attached hydrogens (tertiary/aromatic N) is 2. The summed E-state index contributed by atoms with van der Waals surface area (Å²) in [5.41, 5.74) is 1.89. The zero-order chi connectivity index (χ0) is 11.7. The molecule has 0 radical (unpaired) electrons. The van der Waals surface area contributed by atoms with E-state index in [1.54, 1.807) is 17.5 Å². The van der Waals surface area contributed by atoms with Gasteiger partial charge in [-0.05, 0) is 25.5 Å².